The summed E-state index contributed by atoms with van der Waals surface area (Å²) in [6.07, 6.45) is 1.68. The van der Waals surface area contributed by atoms with Crippen LogP contribution >= 0.6 is 22.9 Å². The van der Waals surface area contributed by atoms with Gasteiger partial charge in [0.25, 0.3) is 0 Å². The Kier molecular flexibility index (Phi) is 7.49. The molecule has 1 aromatic heterocycles. The third-order valence-electron chi connectivity index (χ3n) is 4.42. The van der Waals surface area contributed by atoms with Crippen molar-refractivity contribution in [3.8, 4) is 11.5 Å². The molecule has 3 aromatic rings. The highest BCUT2D eigenvalue weighted by Gasteiger charge is 2.09. The fraction of sp³-hybridized carbons (Fsp3) is 0.227. The molecular formula is C22H23ClN4O3S. The van der Waals surface area contributed by atoms with Crippen molar-refractivity contribution in [3.63, 3.8) is 0 Å². The second-order valence-corrected chi connectivity index (χ2v) is 8.15. The number of nitrogens with one attached hydrogen (secondary N) is 1. The average molecular weight is 459 g/mol. The van der Waals surface area contributed by atoms with E-state index in [1.54, 1.807) is 18.7 Å². The van der Waals surface area contributed by atoms with Gasteiger partial charge in [0.05, 0.1) is 25.4 Å². The largest absolute Gasteiger partial charge is 0.496 e. The molecule has 0 aliphatic heterocycles. The summed E-state index contributed by atoms with van der Waals surface area (Å²) in [7, 11) is 1.61. The minimum absolute atomic E-state index is 0.118. The van der Waals surface area contributed by atoms with E-state index in [1.807, 2.05) is 44.2 Å². The number of amides is 1. The minimum Gasteiger partial charge on any atom is -0.496 e. The van der Waals surface area contributed by atoms with Gasteiger partial charge in [-0.05, 0) is 60.9 Å². The van der Waals surface area contributed by atoms with E-state index >= 15 is 0 Å². The molecule has 1 amide bonds. The van der Waals surface area contributed by atoms with Gasteiger partial charge in [-0.25, -0.2) is 10.4 Å². The molecule has 0 aliphatic rings. The molecule has 7 nitrogen and oxygen atoms in total. The predicted octanol–water partition coefficient (Wildman–Crippen LogP) is 4.28. The Bertz CT molecular complexity index is 1090. The van der Waals surface area contributed by atoms with Gasteiger partial charge in [0, 0.05) is 16.0 Å². The number of hydrogen-bond donors (Lipinski definition) is 2. The number of carbonyl (C=O) groups excluding carboxylic acids is 1. The molecule has 0 radical (unpaired) electrons. The number of carbonyl (C=O) groups is 1. The first kappa shape index (κ1) is 22.6. The van der Waals surface area contributed by atoms with Crippen molar-refractivity contribution in [1.29, 1.82) is 0 Å². The molecular weight excluding hydrogens is 436 g/mol. The Morgan fingerprint density at radius 2 is 2.03 bits per heavy atom. The Morgan fingerprint density at radius 1 is 1.29 bits per heavy atom. The normalized spacial score (nSPS) is 11.0. The number of thiazole rings is 1. The van der Waals surface area contributed by atoms with Gasteiger partial charge in [-0.3, -0.25) is 4.79 Å². The molecule has 31 heavy (non-hydrogen) atoms. The molecule has 0 atom stereocenters. The molecule has 0 saturated heterocycles. The van der Waals surface area contributed by atoms with Crippen molar-refractivity contribution in [2.75, 3.05) is 12.8 Å². The van der Waals surface area contributed by atoms with Crippen LogP contribution < -0.4 is 20.6 Å². The standard InChI is InChI=1S/C22H23ClN4O3S/c1-13-6-18(7-14(2)21(13)23)30-11-16-8-15(4-5-19(16)29-3)10-25-27-20(28)9-17-12-31-22(24)26-17/h4-8,10,12H,9,11H2,1-3H3,(H2,24,26)(H,27,28). The van der Waals surface area contributed by atoms with Crippen molar-refractivity contribution in [2.45, 2.75) is 26.9 Å². The van der Waals surface area contributed by atoms with Gasteiger partial charge in [-0.15, -0.1) is 11.3 Å². The average Bonchev–Trinajstić information content (AvgIpc) is 3.14. The summed E-state index contributed by atoms with van der Waals surface area (Å²) in [4.78, 5) is 16.0. The lowest BCUT2D eigenvalue weighted by atomic mass is 10.1. The Balaban J connectivity index is 1.64. The van der Waals surface area contributed by atoms with E-state index in [0.29, 0.717) is 23.2 Å². The van der Waals surface area contributed by atoms with E-state index < -0.39 is 0 Å². The number of hydrogen-bond acceptors (Lipinski definition) is 7. The number of aryl methyl sites for hydroxylation is 2. The number of halogens is 1. The zero-order valence-electron chi connectivity index (χ0n) is 17.4. The predicted molar refractivity (Wildman–Crippen MR) is 124 cm³/mol. The number of anilines is 1. The summed E-state index contributed by atoms with van der Waals surface area (Å²) in [5.41, 5.74) is 12.2. The van der Waals surface area contributed by atoms with Gasteiger partial charge in [0.2, 0.25) is 5.91 Å². The molecule has 0 spiro atoms. The van der Waals surface area contributed by atoms with Crippen LogP contribution in [0.25, 0.3) is 0 Å². The first-order chi connectivity index (χ1) is 14.9. The number of aromatic nitrogens is 1. The molecule has 0 saturated carbocycles. The molecule has 2 aromatic carbocycles. The van der Waals surface area contributed by atoms with Crippen LogP contribution in [0.4, 0.5) is 5.13 Å². The van der Waals surface area contributed by atoms with Crippen LogP contribution in [0.5, 0.6) is 11.5 Å². The molecule has 0 fully saturated rings. The fourth-order valence-electron chi connectivity index (χ4n) is 2.93. The number of benzene rings is 2. The molecule has 3 rings (SSSR count). The van der Waals surface area contributed by atoms with Gasteiger partial charge in [-0.1, -0.05) is 11.6 Å². The first-order valence-corrected chi connectivity index (χ1v) is 10.7. The zero-order chi connectivity index (χ0) is 22.4. The van der Waals surface area contributed by atoms with Gasteiger partial charge in [-0.2, -0.15) is 5.10 Å². The second-order valence-electron chi connectivity index (χ2n) is 6.88. The van der Waals surface area contributed by atoms with Crippen molar-refractivity contribution < 1.29 is 14.3 Å². The van der Waals surface area contributed by atoms with Crippen LogP contribution in [0.2, 0.25) is 5.02 Å². The van der Waals surface area contributed by atoms with Crippen LogP contribution in [0.1, 0.15) is 27.9 Å². The molecule has 9 heteroatoms. The lowest BCUT2D eigenvalue weighted by Crippen LogP contribution is -2.20. The molecule has 0 aliphatic carbocycles. The number of nitrogens with zero attached hydrogens (tertiary/aromatic N) is 2. The summed E-state index contributed by atoms with van der Waals surface area (Å²) in [6.45, 7) is 4.19. The van der Waals surface area contributed by atoms with Crippen molar-refractivity contribution in [1.82, 2.24) is 10.4 Å². The topological polar surface area (TPSA) is 98.8 Å². The van der Waals surface area contributed by atoms with Crippen molar-refractivity contribution >= 4 is 40.2 Å². The van der Waals surface area contributed by atoms with Crippen molar-refractivity contribution in [2.24, 2.45) is 5.10 Å². The Morgan fingerprint density at radius 3 is 2.68 bits per heavy atom. The van der Waals surface area contributed by atoms with E-state index in [-0.39, 0.29) is 12.3 Å². The van der Waals surface area contributed by atoms with Gasteiger partial charge < -0.3 is 15.2 Å². The molecule has 3 N–H and O–H groups in total. The molecule has 0 bridgehead atoms. The van der Waals surface area contributed by atoms with E-state index in [4.69, 9.17) is 26.8 Å². The van der Waals surface area contributed by atoms with Gasteiger partial charge >= 0.3 is 0 Å². The highest BCUT2D eigenvalue weighted by atomic mass is 35.5. The van der Waals surface area contributed by atoms with Crippen molar-refractivity contribution in [3.05, 3.63) is 68.7 Å². The van der Waals surface area contributed by atoms with E-state index in [2.05, 4.69) is 15.5 Å². The monoisotopic (exact) mass is 458 g/mol. The number of ether oxygens (including phenoxy) is 2. The van der Waals surface area contributed by atoms with Crippen LogP contribution in [0.15, 0.2) is 40.8 Å². The smallest absolute Gasteiger partial charge is 0.246 e. The van der Waals surface area contributed by atoms with E-state index in [0.717, 1.165) is 33.0 Å². The van der Waals surface area contributed by atoms with E-state index in [1.165, 1.54) is 11.3 Å². The quantitative estimate of drug-likeness (QED) is 0.388. The van der Waals surface area contributed by atoms with Crippen LogP contribution in [-0.2, 0) is 17.8 Å². The number of nitrogen functional groups attached to an aromatic ring is 1. The maximum absolute atomic E-state index is 12.0. The number of nitrogens with two attached hydrogens (primary N) is 1. The Labute approximate surface area is 189 Å². The lowest BCUT2D eigenvalue weighted by Gasteiger charge is -2.13. The first-order valence-electron chi connectivity index (χ1n) is 9.44. The maximum atomic E-state index is 12.0. The van der Waals surface area contributed by atoms with Crippen LogP contribution in [0.3, 0.4) is 0 Å². The molecule has 162 valence electrons. The lowest BCUT2D eigenvalue weighted by molar-refractivity contribution is -0.120. The second kappa shape index (κ2) is 10.3. The summed E-state index contributed by atoms with van der Waals surface area (Å²) in [6, 6.07) is 9.37. The van der Waals surface area contributed by atoms with Crippen LogP contribution in [-0.4, -0.2) is 24.2 Å². The third kappa shape index (κ3) is 6.19. The van der Waals surface area contributed by atoms with E-state index in [9.17, 15) is 4.79 Å². The molecule has 0 unspecified atom stereocenters. The summed E-state index contributed by atoms with van der Waals surface area (Å²) < 4.78 is 11.4. The zero-order valence-corrected chi connectivity index (χ0v) is 19.0. The third-order valence-corrected chi connectivity index (χ3v) is 5.74. The van der Waals surface area contributed by atoms with Gasteiger partial charge in [0.1, 0.15) is 18.1 Å². The fourth-order valence-corrected chi connectivity index (χ4v) is 3.60. The Hall–Kier alpha value is -3.10. The minimum atomic E-state index is -0.271. The maximum Gasteiger partial charge on any atom is 0.246 e. The SMILES string of the molecule is COc1ccc(C=NNC(=O)Cc2csc(N)n2)cc1COc1cc(C)c(Cl)c(C)c1. The van der Waals surface area contributed by atoms with Gasteiger partial charge in [0.15, 0.2) is 5.13 Å². The highest BCUT2D eigenvalue weighted by molar-refractivity contribution is 7.13. The molecule has 1 heterocycles. The number of hydrazone groups is 1. The highest BCUT2D eigenvalue weighted by Crippen LogP contribution is 2.27. The summed E-state index contributed by atoms with van der Waals surface area (Å²) in [5, 5.41) is 6.94. The van der Waals surface area contributed by atoms with Crippen LogP contribution in [0, 0.1) is 13.8 Å². The number of rotatable bonds is 8. The summed E-state index contributed by atoms with van der Waals surface area (Å²) in [5.74, 6) is 1.16. The summed E-state index contributed by atoms with van der Waals surface area (Å²) >= 11 is 7.52. The number of methoxy groups -OCH3 is 1.